The maximum absolute atomic E-state index is 12.6. The van der Waals surface area contributed by atoms with Crippen LogP contribution in [0.5, 0.6) is 0 Å². The highest BCUT2D eigenvalue weighted by Gasteiger charge is 2.33. The van der Waals surface area contributed by atoms with Gasteiger partial charge in [-0.15, -0.1) is 0 Å². The third kappa shape index (κ3) is 4.60. The SMILES string of the molecule is Cc1cc(C2CCCN(CC(=O)NC3(C#N)CCCCCC3)C2)n[nH]1. The van der Waals surface area contributed by atoms with Crippen molar-refractivity contribution in [3.63, 3.8) is 0 Å². The van der Waals surface area contributed by atoms with Crippen molar-refractivity contribution in [1.29, 1.82) is 5.26 Å². The quantitative estimate of drug-likeness (QED) is 0.823. The maximum Gasteiger partial charge on any atom is 0.235 e. The molecule has 1 aromatic rings. The second-order valence-corrected chi connectivity index (χ2v) is 7.71. The van der Waals surface area contributed by atoms with Gasteiger partial charge < -0.3 is 5.32 Å². The Kier molecular flexibility index (Phi) is 5.74. The number of rotatable bonds is 4. The smallest absolute Gasteiger partial charge is 0.235 e. The summed E-state index contributed by atoms with van der Waals surface area (Å²) in [5.41, 5.74) is 1.52. The number of nitrogens with one attached hydrogen (secondary N) is 2. The van der Waals surface area contributed by atoms with E-state index in [9.17, 15) is 10.1 Å². The monoisotopic (exact) mass is 343 g/mol. The molecule has 0 spiro atoms. The summed E-state index contributed by atoms with van der Waals surface area (Å²) >= 11 is 0. The van der Waals surface area contributed by atoms with Crippen molar-refractivity contribution in [2.24, 2.45) is 0 Å². The van der Waals surface area contributed by atoms with Gasteiger partial charge in [-0.25, -0.2) is 0 Å². The zero-order valence-electron chi connectivity index (χ0n) is 15.2. The van der Waals surface area contributed by atoms with Crippen LogP contribution in [-0.2, 0) is 4.79 Å². The lowest BCUT2D eigenvalue weighted by molar-refractivity contribution is -0.124. The molecule has 0 aromatic carbocycles. The van der Waals surface area contributed by atoms with E-state index in [1.807, 2.05) is 6.92 Å². The zero-order chi connectivity index (χ0) is 17.7. The van der Waals surface area contributed by atoms with Crippen LogP contribution in [0, 0.1) is 18.3 Å². The van der Waals surface area contributed by atoms with Crippen molar-refractivity contribution >= 4 is 5.91 Å². The molecular formula is C19H29N5O. The number of piperidine rings is 1. The predicted molar refractivity (Wildman–Crippen MR) is 95.9 cm³/mol. The molecule has 136 valence electrons. The van der Waals surface area contributed by atoms with Crippen LogP contribution in [0.3, 0.4) is 0 Å². The number of aromatic amines is 1. The van der Waals surface area contributed by atoms with Gasteiger partial charge in [-0.05, 0) is 45.2 Å². The standard InChI is InChI=1S/C19H29N5O/c1-15-11-17(23-22-15)16-7-6-10-24(12-16)13-18(25)21-19(14-20)8-4-2-3-5-9-19/h11,16H,2-10,12-13H2,1H3,(H,21,25)(H,22,23). The molecule has 1 aliphatic heterocycles. The van der Waals surface area contributed by atoms with Crippen LogP contribution in [0.15, 0.2) is 6.07 Å². The molecule has 1 saturated heterocycles. The van der Waals surface area contributed by atoms with E-state index in [1.165, 1.54) is 0 Å². The molecule has 1 saturated carbocycles. The lowest BCUT2D eigenvalue weighted by Gasteiger charge is -2.33. The molecule has 2 N–H and O–H groups in total. The van der Waals surface area contributed by atoms with Crippen molar-refractivity contribution in [1.82, 2.24) is 20.4 Å². The molecule has 0 radical (unpaired) electrons. The van der Waals surface area contributed by atoms with Gasteiger partial charge in [0.15, 0.2) is 0 Å². The van der Waals surface area contributed by atoms with Crippen LogP contribution in [-0.4, -0.2) is 46.2 Å². The molecule has 1 atom stereocenters. The second-order valence-electron chi connectivity index (χ2n) is 7.71. The van der Waals surface area contributed by atoms with Gasteiger partial charge in [-0.3, -0.25) is 14.8 Å². The van der Waals surface area contributed by atoms with Crippen molar-refractivity contribution in [3.8, 4) is 6.07 Å². The summed E-state index contributed by atoms with van der Waals surface area (Å²) in [5.74, 6) is 0.372. The summed E-state index contributed by atoms with van der Waals surface area (Å²) in [6.45, 7) is 4.19. The van der Waals surface area contributed by atoms with E-state index in [-0.39, 0.29) is 5.91 Å². The van der Waals surface area contributed by atoms with Gasteiger partial charge in [0.1, 0.15) is 5.54 Å². The molecular weight excluding hydrogens is 314 g/mol. The minimum Gasteiger partial charge on any atom is -0.337 e. The lowest BCUT2D eigenvalue weighted by atomic mass is 9.91. The first kappa shape index (κ1) is 17.9. The number of aromatic nitrogens is 2. The fourth-order valence-corrected chi connectivity index (χ4v) is 4.20. The molecule has 1 amide bonds. The van der Waals surface area contributed by atoms with Crippen LogP contribution < -0.4 is 5.32 Å². The van der Waals surface area contributed by atoms with E-state index in [1.54, 1.807) is 0 Å². The molecule has 2 fully saturated rings. The van der Waals surface area contributed by atoms with E-state index >= 15 is 0 Å². The zero-order valence-corrected chi connectivity index (χ0v) is 15.2. The van der Waals surface area contributed by atoms with Gasteiger partial charge in [-0.2, -0.15) is 10.4 Å². The number of hydrogen-bond acceptors (Lipinski definition) is 4. The van der Waals surface area contributed by atoms with E-state index in [0.29, 0.717) is 12.5 Å². The molecule has 1 aromatic heterocycles. The van der Waals surface area contributed by atoms with Crippen LogP contribution in [0.25, 0.3) is 0 Å². The number of aryl methyl sites for hydroxylation is 1. The Hall–Kier alpha value is -1.87. The van der Waals surface area contributed by atoms with E-state index in [4.69, 9.17) is 0 Å². The Bertz CT molecular complexity index is 624. The van der Waals surface area contributed by atoms with Crippen molar-refractivity contribution < 1.29 is 4.79 Å². The van der Waals surface area contributed by atoms with Crippen molar-refractivity contribution in [2.45, 2.75) is 69.7 Å². The lowest BCUT2D eigenvalue weighted by Crippen LogP contribution is -2.51. The number of carbonyl (C=O) groups excluding carboxylic acids is 1. The Labute approximate surface area is 150 Å². The predicted octanol–water partition coefficient (Wildman–Crippen LogP) is 2.63. The molecule has 25 heavy (non-hydrogen) atoms. The maximum atomic E-state index is 12.6. The highest BCUT2D eigenvalue weighted by atomic mass is 16.2. The van der Waals surface area contributed by atoms with Gasteiger partial charge in [0.05, 0.1) is 18.3 Å². The van der Waals surface area contributed by atoms with E-state index in [0.717, 1.165) is 75.8 Å². The van der Waals surface area contributed by atoms with Crippen LogP contribution in [0.2, 0.25) is 0 Å². The number of carbonyl (C=O) groups is 1. The Morgan fingerprint density at radius 1 is 1.40 bits per heavy atom. The highest BCUT2D eigenvalue weighted by Crippen LogP contribution is 2.28. The number of nitrogens with zero attached hydrogens (tertiary/aromatic N) is 3. The first-order chi connectivity index (χ1) is 12.1. The van der Waals surface area contributed by atoms with Gasteiger partial charge in [0.2, 0.25) is 5.91 Å². The molecule has 6 nitrogen and oxygen atoms in total. The number of H-pyrrole nitrogens is 1. The topological polar surface area (TPSA) is 84.8 Å². The number of amides is 1. The van der Waals surface area contributed by atoms with E-state index in [2.05, 4.69) is 32.5 Å². The Balaban J connectivity index is 1.56. The fraction of sp³-hybridized carbons (Fsp3) is 0.737. The van der Waals surface area contributed by atoms with Gasteiger partial charge >= 0.3 is 0 Å². The Morgan fingerprint density at radius 3 is 2.80 bits per heavy atom. The fourth-order valence-electron chi connectivity index (χ4n) is 4.20. The summed E-state index contributed by atoms with van der Waals surface area (Å²) in [6.07, 6.45) is 8.13. The summed E-state index contributed by atoms with van der Waals surface area (Å²) in [7, 11) is 0. The van der Waals surface area contributed by atoms with Crippen LogP contribution in [0.1, 0.15) is 68.7 Å². The van der Waals surface area contributed by atoms with Gasteiger partial charge in [0.25, 0.3) is 0 Å². The molecule has 1 unspecified atom stereocenters. The first-order valence-corrected chi connectivity index (χ1v) is 9.57. The number of nitriles is 1. The summed E-state index contributed by atoms with van der Waals surface area (Å²) < 4.78 is 0. The third-order valence-electron chi connectivity index (χ3n) is 5.57. The van der Waals surface area contributed by atoms with Crippen LogP contribution in [0.4, 0.5) is 0 Å². The Morgan fingerprint density at radius 2 is 2.16 bits per heavy atom. The summed E-state index contributed by atoms with van der Waals surface area (Å²) in [4.78, 5) is 14.8. The van der Waals surface area contributed by atoms with Gasteiger partial charge in [0, 0.05) is 18.2 Å². The molecule has 1 aliphatic carbocycles. The minimum absolute atomic E-state index is 0.0118. The average Bonchev–Trinajstić information content (AvgIpc) is 2.90. The normalized spacial score (nSPS) is 24.2. The average molecular weight is 343 g/mol. The van der Waals surface area contributed by atoms with Crippen molar-refractivity contribution in [2.75, 3.05) is 19.6 Å². The van der Waals surface area contributed by atoms with Crippen molar-refractivity contribution in [3.05, 3.63) is 17.5 Å². The molecule has 6 heteroatoms. The summed E-state index contributed by atoms with van der Waals surface area (Å²) in [5, 5.41) is 20.1. The number of hydrogen-bond donors (Lipinski definition) is 2. The molecule has 2 heterocycles. The second kappa shape index (κ2) is 8.01. The number of likely N-dealkylation sites (tertiary alicyclic amines) is 1. The molecule has 0 bridgehead atoms. The summed E-state index contributed by atoms with van der Waals surface area (Å²) in [6, 6.07) is 4.50. The highest BCUT2D eigenvalue weighted by molar-refractivity contribution is 5.79. The first-order valence-electron chi connectivity index (χ1n) is 9.57. The largest absolute Gasteiger partial charge is 0.337 e. The molecule has 3 rings (SSSR count). The minimum atomic E-state index is -0.651. The third-order valence-corrected chi connectivity index (χ3v) is 5.57. The van der Waals surface area contributed by atoms with Crippen LogP contribution >= 0.6 is 0 Å². The van der Waals surface area contributed by atoms with Gasteiger partial charge in [-0.1, -0.05) is 25.7 Å². The molecule has 2 aliphatic rings. The van der Waals surface area contributed by atoms with E-state index < -0.39 is 5.54 Å².